The van der Waals surface area contributed by atoms with Crippen LogP contribution in [0, 0.1) is 0 Å². The minimum absolute atomic E-state index is 0.0225. The number of hydrogen-bond acceptors (Lipinski definition) is 5. The van der Waals surface area contributed by atoms with Crippen molar-refractivity contribution in [3.63, 3.8) is 0 Å². The number of carbonyl (C=O) groups is 1. The number of amides is 1. The van der Waals surface area contributed by atoms with Gasteiger partial charge in [-0.1, -0.05) is 42.3 Å². The van der Waals surface area contributed by atoms with Gasteiger partial charge in [-0.05, 0) is 42.8 Å². The lowest BCUT2D eigenvalue weighted by atomic mass is 9.92. The molecule has 4 rings (SSSR count). The number of aromatic nitrogens is 2. The third-order valence-corrected chi connectivity index (χ3v) is 7.43. The van der Waals surface area contributed by atoms with E-state index >= 15 is 0 Å². The molecule has 36 heavy (non-hydrogen) atoms. The number of ether oxygens (including phenoxy) is 1. The molecule has 2 heterocycles. The van der Waals surface area contributed by atoms with Crippen molar-refractivity contribution >= 4 is 50.8 Å². The first-order valence-electron chi connectivity index (χ1n) is 10.5. The molecule has 3 aromatic rings. The molecule has 0 unspecified atom stereocenters. The minimum Gasteiger partial charge on any atom is -0.406 e. The Morgan fingerprint density at radius 1 is 1.11 bits per heavy atom. The topological polar surface area (TPSA) is 93.5 Å². The Morgan fingerprint density at radius 3 is 2.28 bits per heavy atom. The number of halogens is 5. The number of imidazole rings is 1. The van der Waals surface area contributed by atoms with E-state index in [9.17, 15) is 26.4 Å². The third kappa shape index (κ3) is 4.90. The minimum atomic E-state index is -4.85. The van der Waals surface area contributed by atoms with Crippen molar-refractivity contribution < 1.29 is 31.1 Å². The van der Waals surface area contributed by atoms with Crippen LogP contribution >= 0.6 is 23.2 Å². The van der Waals surface area contributed by atoms with Crippen LogP contribution in [0.15, 0.2) is 53.7 Å². The lowest BCUT2D eigenvalue weighted by Gasteiger charge is -2.26. The van der Waals surface area contributed by atoms with E-state index in [1.807, 2.05) is 0 Å². The Balaban J connectivity index is 1.83. The van der Waals surface area contributed by atoms with Crippen LogP contribution in [0.3, 0.4) is 0 Å². The van der Waals surface area contributed by atoms with Crippen molar-refractivity contribution in [2.75, 3.05) is 11.4 Å². The van der Waals surface area contributed by atoms with E-state index in [-0.39, 0.29) is 39.7 Å². The van der Waals surface area contributed by atoms with Crippen molar-refractivity contribution in [1.82, 2.24) is 14.3 Å². The number of anilines is 2. The fourth-order valence-electron chi connectivity index (χ4n) is 4.09. The normalized spacial score (nSPS) is 18.0. The van der Waals surface area contributed by atoms with Gasteiger partial charge in [0.15, 0.2) is 5.03 Å². The smallest absolute Gasteiger partial charge is 0.406 e. The lowest BCUT2D eigenvalue weighted by Crippen LogP contribution is -2.42. The van der Waals surface area contributed by atoms with Crippen LogP contribution in [0.25, 0.3) is 0 Å². The Morgan fingerprint density at radius 2 is 1.72 bits per heavy atom. The quantitative estimate of drug-likeness (QED) is 0.436. The molecule has 8 nitrogen and oxygen atoms in total. The van der Waals surface area contributed by atoms with Crippen LogP contribution in [0.1, 0.15) is 19.4 Å². The van der Waals surface area contributed by atoms with Gasteiger partial charge in [0.25, 0.3) is 15.9 Å². The van der Waals surface area contributed by atoms with Gasteiger partial charge in [0.1, 0.15) is 11.3 Å². The average Bonchev–Trinajstić information content (AvgIpc) is 3.27. The molecule has 2 aromatic carbocycles. The summed E-state index contributed by atoms with van der Waals surface area (Å²) in [6.07, 6.45) is -3.78. The largest absolute Gasteiger partial charge is 0.573 e. The van der Waals surface area contributed by atoms with Crippen LogP contribution in [0.2, 0.25) is 10.0 Å². The Bertz CT molecular complexity index is 1410. The second-order valence-electron chi connectivity index (χ2n) is 8.14. The summed E-state index contributed by atoms with van der Waals surface area (Å²) < 4.78 is 71.1. The fourth-order valence-corrected chi connectivity index (χ4v) is 5.85. The molecule has 1 amide bonds. The summed E-state index contributed by atoms with van der Waals surface area (Å²) >= 11 is 12.3. The summed E-state index contributed by atoms with van der Waals surface area (Å²) in [5, 5.41) is 0.248. The van der Waals surface area contributed by atoms with Gasteiger partial charge in [-0.25, -0.2) is 23.0 Å². The Labute approximate surface area is 214 Å². The predicted molar refractivity (Wildman–Crippen MR) is 127 cm³/mol. The number of benzene rings is 2. The molecule has 0 aliphatic carbocycles. The monoisotopic (exact) mass is 562 g/mol. The molecule has 14 heteroatoms. The van der Waals surface area contributed by atoms with Crippen LogP contribution in [-0.4, -0.2) is 36.8 Å². The van der Waals surface area contributed by atoms with E-state index in [4.69, 9.17) is 23.2 Å². The Hall–Kier alpha value is -2.80. The number of nitrogens with zero attached hydrogens (tertiary/aromatic N) is 3. The average molecular weight is 563 g/mol. The number of nitrogens with one attached hydrogen (secondary N) is 1. The highest BCUT2D eigenvalue weighted by Crippen LogP contribution is 2.44. The second-order valence-corrected chi connectivity index (χ2v) is 10.7. The second kappa shape index (κ2) is 9.25. The number of sulfonamides is 1. The molecule has 1 aliphatic heterocycles. The van der Waals surface area contributed by atoms with E-state index in [0.29, 0.717) is 5.56 Å². The van der Waals surface area contributed by atoms with E-state index in [1.54, 1.807) is 6.92 Å². The van der Waals surface area contributed by atoms with Gasteiger partial charge in [-0.3, -0.25) is 9.36 Å². The molecule has 0 fully saturated rings. The molecule has 0 spiro atoms. The van der Waals surface area contributed by atoms with E-state index in [1.165, 1.54) is 46.7 Å². The zero-order valence-electron chi connectivity index (χ0n) is 18.8. The zero-order chi connectivity index (χ0) is 26.5. The van der Waals surface area contributed by atoms with Gasteiger partial charge in [-0.2, -0.15) is 0 Å². The van der Waals surface area contributed by atoms with Crippen LogP contribution in [0.5, 0.6) is 5.75 Å². The van der Waals surface area contributed by atoms with Gasteiger partial charge in [-0.15, -0.1) is 13.2 Å². The highest BCUT2D eigenvalue weighted by Gasteiger charge is 2.51. The third-order valence-electron chi connectivity index (χ3n) is 5.49. The number of rotatable bonds is 7. The molecule has 192 valence electrons. The van der Waals surface area contributed by atoms with Gasteiger partial charge in [0, 0.05) is 23.0 Å². The summed E-state index contributed by atoms with van der Waals surface area (Å²) in [5.74, 6) is -0.940. The summed E-state index contributed by atoms with van der Waals surface area (Å²) in [6, 6.07) is 9.41. The molecule has 1 N–H and O–H groups in total. The fraction of sp³-hybridized carbons (Fsp3) is 0.273. The molecular formula is C22H19Cl2F3N4O4S. The van der Waals surface area contributed by atoms with Crippen LogP contribution < -0.4 is 14.4 Å². The molecule has 0 bridgehead atoms. The number of alkyl halides is 3. The maximum atomic E-state index is 13.9. The molecule has 1 aromatic heterocycles. The van der Waals surface area contributed by atoms with Crippen molar-refractivity contribution in [2.24, 2.45) is 0 Å². The zero-order valence-corrected chi connectivity index (χ0v) is 21.1. The first-order chi connectivity index (χ1) is 16.7. The summed E-state index contributed by atoms with van der Waals surface area (Å²) in [4.78, 5) is 19.3. The summed E-state index contributed by atoms with van der Waals surface area (Å²) in [5.41, 5.74) is -0.794. The van der Waals surface area contributed by atoms with E-state index < -0.39 is 33.6 Å². The molecule has 1 aliphatic rings. The standard InChI is InChI=1S/C22H19Cl2F3N4O4S/c1-3-29-36(33,34)18-12-28-20-30(16-9-14(23)8-15(24)10-16)19(32)21(2,31(18)20)11-13-4-6-17(7-5-13)35-22(25,26)27/h4-10,12,29H,3,11H2,1-2H3/t21-/m1/s1. The first-order valence-corrected chi connectivity index (χ1v) is 12.7. The van der Waals surface area contributed by atoms with E-state index in [0.717, 1.165) is 18.3 Å². The maximum Gasteiger partial charge on any atom is 0.573 e. The van der Waals surface area contributed by atoms with E-state index in [2.05, 4.69) is 14.4 Å². The summed E-state index contributed by atoms with van der Waals surface area (Å²) in [6.45, 7) is 3.23. The molecule has 0 saturated heterocycles. The van der Waals surface area contributed by atoms with Gasteiger partial charge >= 0.3 is 6.36 Å². The number of fused-ring (bicyclic) bond motifs is 1. The molecule has 0 saturated carbocycles. The number of carbonyl (C=O) groups excluding carboxylic acids is 1. The van der Waals surface area contributed by atoms with Crippen molar-refractivity contribution in [1.29, 1.82) is 0 Å². The SMILES string of the molecule is CCNS(=O)(=O)c1cnc2n1[C@](C)(Cc1ccc(OC(F)(F)F)cc1)C(=O)N2c1cc(Cl)cc(Cl)c1. The van der Waals surface area contributed by atoms with Gasteiger partial charge in [0.05, 0.1) is 11.9 Å². The van der Waals surface area contributed by atoms with Gasteiger partial charge in [0.2, 0.25) is 5.95 Å². The van der Waals surface area contributed by atoms with Crippen molar-refractivity contribution in [2.45, 2.75) is 37.2 Å². The molecule has 0 radical (unpaired) electrons. The van der Waals surface area contributed by atoms with Crippen LogP contribution in [0.4, 0.5) is 24.8 Å². The van der Waals surface area contributed by atoms with Gasteiger partial charge < -0.3 is 4.74 Å². The summed E-state index contributed by atoms with van der Waals surface area (Å²) in [7, 11) is -4.05. The first kappa shape index (κ1) is 26.3. The predicted octanol–water partition coefficient (Wildman–Crippen LogP) is 5.02. The lowest BCUT2D eigenvalue weighted by molar-refractivity contribution is -0.274. The van der Waals surface area contributed by atoms with Crippen LogP contribution in [-0.2, 0) is 26.8 Å². The maximum absolute atomic E-state index is 13.9. The highest BCUT2D eigenvalue weighted by molar-refractivity contribution is 7.89. The number of hydrogen-bond donors (Lipinski definition) is 1. The highest BCUT2D eigenvalue weighted by atomic mass is 35.5. The molecule has 1 atom stereocenters. The Kier molecular flexibility index (Phi) is 6.75. The van der Waals surface area contributed by atoms with Crippen molar-refractivity contribution in [3.05, 3.63) is 64.3 Å². The van der Waals surface area contributed by atoms with Crippen molar-refractivity contribution in [3.8, 4) is 5.75 Å². The molecular weight excluding hydrogens is 544 g/mol.